The van der Waals surface area contributed by atoms with E-state index in [1.807, 2.05) is 13.8 Å². The highest BCUT2D eigenvalue weighted by atomic mass is 19.2. The minimum Gasteiger partial charge on any atom is -0.330 e. The number of carbonyl (C=O) groups excluding carboxylic acids is 1. The number of benzene rings is 1. The maximum absolute atomic E-state index is 13.3. The zero-order valence-electron chi connectivity index (χ0n) is 11.6. The highest BCUT2D eigenvalue weighted by Gasteiger charge is 2.19. The van der Waals surface area contributed by atoms with Crippen molar-refractivity contribution in [2.75, 3.05) is 11.9 Å². The number of hydrogen-bond donors (Lipinski definition) is 2. The van der Waals surface area contributed by atoms with Crippen LogP contribution in [-0.4, -0.2) is 12.5 Å². The second kappa shape index (κ2) is 6.74. The van der Waals surface area contributed by atoms with Crippen molar-refractivity contribution in [3.63, 3.8) is 0 Å². The molecular formula is C14H19F3N2O. The molecule has 0 aliphatic rings. The molecule has 1 aromatic rings. The number of halogens is 3. The third kappa shape index (κ3) is 4.85. The molecule has 6 heteroatoms. The standard InChI is InChI=1S/C14H19F3N2O/c1-14(2,5-6-18)4-3-13(20)19-12-8-10(16)9(15)7-11(12)17/h7-8H,3-6,18H2,1-2H3,(H,19,20). The summed E-state index contributed by atoms with van der Waals surface area (Å²) in [6, 6.07) is 1.04. The van der Waals surface area contributed by atoms with Gasteiger partial charge in [0.25, 0.3) is 0 Å². The molecule has 20 heavy (non-hydrogen) atoms. The average molecular weight is 288 g/mol. The molecule has 0 radical (unpaired) electrons. The number of amides is 1. The van der Waals surface area contributed by atoms with Gasteiger partial charge in [-0.2, -0.15) is 0 Å². The number of nitrogens with one attached hydrogen (secondary N) is 1. The first-order chi connectivity index (χ1) is 9.25. The van der Waals surface area contributed by atoms with Gasteiger partial charge in [0.05, 0.1) is 5.69 Å². The lowest BCUT2D eigenvalue weighted by Crippen LogP contribution is -2.21. The van der Waals surface area contributed by atoms with Crippen LogP contribution in [0.5, 0.6) is 0 Å². The van der Waals surface area contributed by atoms with E-state index in [-0.39, 0.29) is 17.5 Å². The molecule has 3 N–H and O–H groups in total. The Balaban J connectivity index is 2.61. The minimum atomic E-state index is -1.29. The fourth-order valence-electron chi connectivity index (χ4n) is 1.80. The first-order valence-electron chi connectivity index (χ1n) is 6.39. The predicted molar refractivity (Wildman–Crippen MR) is 71.6 cm³/mol. The lowest BCUT2D eigenvalue weighted by molar-refractivity contribution is -0.116. The quantitative estimate of drug-likeness (QED) is 0.790. The third-order valence-electron chi connectivity index (χ3n) is 3.13. The predicted octanol–water partition coefficient (Wildman–Crippen LogP) is 3.20. The molecular weight excluding hydrogens is 269 g/mol. The van der Waals surface area contributed by atoms with E-state index in [2.05, 4.69) is 5.32 Å². The summed E-state index contributed by atoms with van der Waals surface area (Å²) in [7, 11) is 0. The molecule has 1 rings (SSSR count). The molecule has 112 valence electrons. The van der Waals surface area contributed by atoms with E-state index in [0.717, 1.165) is 6.42 Å². The van der Waals surface area contributed by atoms with Crippen LogP contribution in [0.15, 0.2) is 12.1 Å². The van der Waals surface area contributed by atoms with E-state index in [4.69, 9.17) is 5.73 Å². The van der Waals surface area contributed by atoms with Crippen LogP contribution >= 0.6 is 0 Å². The largest absolute Gasteiger partial charge is 0.330 e. The van der Waals surface area contributed by atoms with Gasteiger partial charge in [0.2, 0.25) is 5.91 Å². The summed E-state index contributed by atoms with van der Waals surface area (Å²) in [5, 5.41) is 2.24. The zero-order chi connectivity index (χ0) is 15.3. The van der Waals surface area contributed by atoms with Crippen molar-refractivity contribution in [1.82, 2.24) is 0 Å². The number of carbonyl (C=O) groups is 1. The van der Waals surface area contributed by atoms with Crippen LogP contribution in [0.2, 0.25) is 0 Å². The highest BCUT2D eigenvalue weighted by molar-refractivity contribution is 5.90. The van der Waals surface area contributed by atoms with Gasteiger partial charge >= 0.3 is 0 Å². The van der Waals surface area contributed by atoms with E-state index in [1.54, 1.807) is 0 Å². The van der Waals surface area contributed by atoms with Crippen molar-refractivity contribution in [2.24, 2.45) is 11.1 Å². The monoisotopic (exact) mass is 288 g/mol. The molecule has 0 aromatic heterocycles. The van der Waals surface area contributed by atoms with Crippen molar-refractivity contribution in [1.29, 1.82) is 0 Å². The van der Waals surface area contributed by atoms with Gasteiger partial charge in [-0.05, 0) is 24.8 Å². The van der Waals surface area contributed by atoms with Crippen molar-refractivity contribution in [2.45, 2.75) is 33.1 Å². The topological polar surface area (TPSA) is 55.1 Å². The lowest BCUT2D eigenvalue weighted by atomic mass is 9.84. The Hall–Kier alpha value is -1.56. The van der Waals surface area contributed by atoms with E-state index >= 15 is 0 Å². The second-order valence-electron chi connectivity index (χ2n) is 5.50. The maximum Gasteiger partial charge on any atom is 0.224 e. The molecule has 0 aliphatic heterocycles. The van der Waals surface area contributed by atoms with Gasteiger partial charge in [-0.25, -0.2) is 13.2 Å². The Morgan fingerprint density at radius 3 is 2.35 bits per heavy atom. The van der Waals surface area contributed by atoms with E-state index in [1.165, 1.54) is 0 Å². The molecule has 0 heterocycles. The maximum atomic E-state index is 13.3. The molecule has 0 atom stereocenters. The Morgan fingerprint density at radius 2 is 1.75 bits per heavy atom. The van der Waals surface area contributed by atoms with Gasteiger partial charge in [0, 0.05) is 18.6 Å². The molecule has 0 saturated carbocycles. The van der Waals surface area contributed by atoms with E-state index in [9.17, 15) is 18.0 Å². The normalized spacial score (nSPS) is 11.5. The summed E-state index contributed by atoms with van der Waals surface area (Å²) >= 11 is 0. The van der Waals surface area contributed by atoms with Crippen molar-refractivity contribution in [3.8, 4) is 0 Å². The minimum absolute atomic E-state index is 0.0985. The highest BCUT2D eigenvalue weighted by Crippen LogP contribution is 2.26. The zero-order valence-corrected chi connectivity index (χ0v) is 11.6. The fraction of sp³-hybridized carbons (Fsp3) is 0.500. The van der Waals surface area contributed by atoms with Crippen LogP contribution in [0, 0.1) is 22.9 Å². The number of anilines is 1. The number of nitrogens with two attached hydrogens (primary N) is 1. The molecule has 1 amide bonds. The van der Waals surface area contributed by atoms with Gasteiger partial charge in [-0.1, -0.05) is 13.8 Å². The molecule has 0 saturated heterocycles. The fourth-order valence-corrected chi connectivity index (χ4v) is 1.80. The Morgan fingerprint density at radius 1 is 1.15 bits per heavy atom. The second-order valence-corrected chi connectivity index (χ2v) is 5.50. The van der Waals surface area contributed by atoms with Gasteiger partial charge in [0.1, 0.15) is 5.82 Å². The van der Waals surface area contributed by atoms with Gasteiger partial charge in [-0.15, -0.1) is 0 Å². The first kappa shape index (κ1) is 16.5. The smallest absolute Gasteiger partial charge is 0.224 e. The summed E-state index contributed by atoms with van der Waals surface area (Å²) in [5.41, 5.74) is 5.01. The molecule has 0 spiro atoms. The van der Waals surface area contributed by atoms with Crippen LogP contribution in [0.3, 0.4) is 0 Å². The van der Waals surface area contributed by atoms with Crippen molar-refractivity contribution >= 4 is 11.6 Å². The summed E-state index contributed by atoms with van der Waals surface area (Å²) in [6.07, 6.45) is 1.49. The van der Waals surface area contributed by atoms with Crippen molar-refractivity contribution < 1.29 is 18.0 Å². The average Bonchev–Trinajstić information content (AvgIpc) is 2.34. The van der Waals surface area contributed by atoms with Crippen molar-refractivity contribution in [3.05, 3.63) is 29.6 Å². The lowest BCUT2D eigenvalue weighted by Gasteiger charge is -2.23. The molecule has 0 bridgehead atoms. The molecule has 0 aliphatic carbocycles. The first-order valence-corrected chi connectivity index (χ1v) is 6.39. The van der Waals surface area contributed by atoms with Crippen LogP contribution in [0.1, 0.15) is 33.1 Å². The molecule has 0 fully saturated rings. The van der Waals surface area contributed by atoms with Gasteiger partial charge < -0.3 is 11.1 Å². The SMILES string of the molecule is CC(C)(CCN)CCC(=O)Nc1cc(F)c(F)cc1F. The Kier molecular flexibility index (Phi) is 5.56. The van der Waals surface area contributed by atoms with Crippen LogP contribution in [-0.2, 0) is 4.79 Å². The van der Waals surface area contributed by atoms with E-state index in [0.29, 0.717) is 25.1 Å². The van der Waals surface area contributed by atoms with Crippen LogP contribution in [0.25, 0.3) is 0 Å². The number of hydrogen-bond acceptors (Lipinski definition) is 2. The third-order valence-corrected chi connectivity index (χ3v) is 3.13. The van der Waals surface area contributed by atoms with Gasteiger partial charge in [-0.3, -0.25) is 4.79 Å². The molecule has 0 unspecified atom stereocenters. The Labute approximate surface area is 116 Å². The van der Waals surface area contributed by atoms with E-state index < -0.39 is 23.4 Å². The van der Waals surface area contributed by atoms with Crippen LogP contribution in [0.4, 0.5) is 18.9 Å². The summed E-state index contributed by atoms with van der Waals surface area (Å²) < 4.78 is 39.1. The number of rotatable bonds is 6. The summed E-state index contributed by atoms with van der Waals surface area (Å²) in [4.78, 5) is 11.7. The van der Waals surface area contributed by atoms with Crippen LogP contribution < -0.4 is 11.1 Å². The summed E-state index contributed by atoms with van der Waals surface area (Å²) in [5.74, 6) is -3.94. The molecule has 1 aromatic carbocycles. The van der Waals surface area contributed by atoms with Gasteiger partial charge in [0.15, 0.2) is 11.6 Å². The summed E-state index contributed by atoms with van der Waals surface area (Å²) in [6.45, 7) is 4.48. The molecule has 3 nitrogen and oxygen atoms in total. The Bertz CT molecular complexity index is 490.